The van der Waals surface area contributed by atoms with Crippen LogP contribution in [0.1, 0.15) is 30.0 Å². The molecule has 0 saturated carbocycles. The first-order valence-corrected chi connectivity index (χ1v) is 10.3. The predicted molar refractivity (Wildman–Crippen MR) is 116 cm³/mol. The topological polar surface area (TPSA) is 0 Å². The molecule has 0 fully saturated rings. The maximum atomic E-state index is 14.8. The second kappa shape index (κ2) is 9.22. The van der Waals surface area contributed by atoms with Crippen molar-refractivity contribution in [1.29, 1.82) is 0 Å². The lowest BCUT2D eigenvalue weighted by atomic mass is 9.98. The summed E-state index contributed by atoms with van der Waals surface area (Å²) in [7, 11) is 0. The molecule has 0 N–H and O–H groups in total. The van der Waals surface area contributed by atoms with Gasteiger partial charge in [-0.1, -0.05) is 31.3 Å². The molecule has 0 unspecified atom stereocenters. The minimum absolute atomic E-state index is 0.0454. The number of aryl methyl sites for hydroxylation is 1. The van der Waals surface area contributed by atoms with Crippen LogP contribution in [0.4, 0.5) is 30.7 Å². The van der Waals surface area contributed by atoms with E-state index in [1.54, 1.807) is 0 Å². The van der Waals surface area contributed by atoms with Gasteiger partial charge in [0.05, 0.1) is 10.9 Å². The van der Waals surface area contributed by atoms with E-state index in [1.807, 2.05) is 6.92 Å². The van der Waals surface area contributed by atoms with Gasteiger partial charge in [-0.25, -0.2) is 30.7 Å². The summed E-state index contributed by atoms with van der Waals surface area (Å²) in [6.07, 6.45) is 1.23. The van der Waals surface area contributed by atoms with Crippen LogP contribution in [0.3, 0.4) is 0 Å². The Kier molecular flexibility index (Phi) is 6.34. The Labute approximate surface area is 190 Å². The summed E-state index contributed by atoms with van der Waals surface area (Å²) >= 11 is 0. The molecule has 0 amide bonds. The molecule has 34 heavy (non-hydrogen) atoms. The summed E-state index contributed by atoms with van der Waals surface area (Å²) in [5.74, 6) is -3.82. The Hall–Kier alpha value is -3.79. The fourth-order valence-electron chi connectivity index (χ4n) is 3.68. The van der Waals surface area contributed by atoms with Crippen LogP contribution >= 0.6 is 0 Å². The van der Waals surface area contributed by atoms with E-state index < -0.39 is 51.7 Å². The van der Waals surface area contributed by atoms with Gasteiger partial charge in [0, 0.05) is 11.1 Å². The number of hydrogen-bond donors (Lipinski definition) is 0. The molecule has 0 aliphatic rings. The Morgan fingerprint density at radius 3 is 2.00 bits per heavy atom. The zero-order valence-electron chi connectivity index (χ0n) is 17.7. The standard InChI is InChI=1S/C27H15F7/c1-2-3-15-9-21(29)19(22(30)10-15)7-5-14-4-6-18(20(28)8-14)16-11-17-13-24(32)26(33)27(34)25(17)23(31)12-16/h4,6,8-13H,2-3H2,1H3. The molecule has 7 heteroatoms. The molecule has 172 valence electrons. The van der Waals surface area contributed by atoms with Gasteiger partial charge >= 0.3 is 0 Å². The van der Waals surface area contributed by atoms with Crippen molar-refractivity contribution < 1.29 is 30.7 Å². The van der Waals surface area contributed by atoms with E-state index in [0.717, 1.165) is 24.6 Å². The second-order valence-corrected chi connectivity index (χ2v) is 7.67. The van der Waals surface area contributed by atoms with Crippen molar-refractivity contribution in [2.75, 3.05) is 0 Å². The summed E-state index contributed by atoms with van der Waals surface area (Å²) in [6.45, 7) is 1.88. The van der Waals surface area contributed by atoms with Gasteiger partial charge in [-0.3, -0.25) is 0 Å². The van der Waals surface area contributed by atoms with Crippen LogP contribution in [0.2, 0.25) is 0 Å². The SMILES string of the molecule is CCCc1cc(F)c(C#Cc2ccc(-c3cc(F)c4c(F)c(F)c(F)cc4c3)c(F)c2)c(F)c1. The number of fused-ring (bicyclic) bond motifs is 1. The van der Waals surface area contributed by atoms with Crippen molar-refractivity contribution in [3.63, 3.8) is 0 Å². The highest BCUT2D eigenvalue weighted by molar-refractivity contribution is 5.88. The van der Waals surface area contributed by atoms with Crippen molar-refractivity contribution in [1.82, 2.24) is 0 Å². The monoisotopic (exact) mass is 472 g/mol. The maximum absolute atomic E-state index is 14.8. The average Bonchev–Trinajstić information content (AvgIpc) is 2.77. The van der Waals surface area contributed by atoms with E-state index in [9.17, 15) is 30.7 Å². The van der Waals surface area contributed by atoms with E-state index in [2.05, 4.69) is 11.8 Å². The molecule has 0 heterocycles. The largest absolute Gasteiger partial charge is 0.206 e. The van der Waals surface area contributed by atoms with E-state index in [4.69, 9.17) is 0 Å². The fourth-order valence-corrected chi connectivity index (χ4v) is 3.68. The smallest absolute Gasteiger partial charge is 0.195 e. The Morgan fingerprint density at radius 2 is 1.35 bits per heavy atom. The number of hydrogen-bond acceptors (Lipinski definition) is 0. The summed E-state index contributed by atoms with van der Waals surface area (Å²) in [5.41, 5.74) is -0.00677. The number of benzene rings is 4. The van der Waals surface area contributed by atoms with Crippen molar-refractivity contribution in [2.24, 2.45) is 0 Å². The van der Waals surface area contributed by atoms with Crippen molar-refractivity contribution in [2.45, 2.75) is 19.8 Å². The highest BCUT2D eigenvalue weighted by Gasteiger charge is 2.19. The van der Waals surface area contributed by atoms with E-state index >= 15 is 0 Å². The highest BCUT2D eigenvalue weighted by Crippen LogP contribution is 2.32. The quantitative estimate of drug-likeness (QED) is 0.162. The molecule has 0 atom stereocenters. The minimum atomic E-state index is -1.80. The zero-order chi connectivity index (χ0) is 24.6. The first kappa shape index (κ1) is 23.4. The molecule has 0 aromatic heterocycles. The van der Waals surface area contributed by atoms with Crippen LogP contribution in [0.5, 0.6) is 0 Å². The molecule has 4 rings (SSSR count). The molecule has 4 aromatic rings. The lowest BCUT2D eigenvalue weighted by Crippen LogP contribution is -1.96. The van der Waals surface area contributed by atoms with Crippen LogP contribution in [0.15, 0.2) is 48.5 Å². The third-order valence-corrected chi connectivity index (χ3v) is 5.28. The molecule has 0 nitrogen and oxygen atoms in total. The van der Waals surface area contributed by atoms with Crippen LogP contribution < -0.4 is 0 Å². The second-order valence-electron chi connectivity index (χ2n) is 7.67. The first-order chi connectivity index (χ1) is 16.2. The first-order valence-electron chi connectivity index (χ1n) is 10.3. The average molecular weight is 472 g/mol. The minimum Gasteiger partial charge on any atom is -0.206 e. The lowest BCUT2D eigenvalue weighted by molar-refractivity contribution is 0.451. The highest BCUT2D eigenvalue weighted by atomic mass is 19.2. The molecular formula is C27H15F7. The van der Waals surface area contributed by atoms with Gasteiger partial charge in [0.25, 0.3) is 0 Å². The Morgan fingerprint density at radius 1 is 0.647 bits per heavy atom. The van der Waals surface area contributed by atoms with Crippen molar-refractivity contribution >= 4 is 10.8 Å². The van der Waals surface area contributed by atoms with Gasteiger partial charge in [-0.05, 0) is 65.4 Å². The predicted octanol–water partition coefficient (Wildman–Crippen LogP) is 7.83. The van der Waals surface area contributed by atoms with Gasteiger partial charge in [-0.15, -0.1) is 0 Å². The van der Waals surface area contributed by atoms with Crippen molar-refractivity contribution in [3.05, 3.63) is 106 Å². The number of rotatable bonds is 3. The van der Waals surface area contributed by atoms with Gasteiger partial charge in [0.15, 0.2) is 17.5 Å². The van der Waals surface area contributed by atoms with Gasteiger partial charge < -0.3 is 0 Å². The third-order valence-electron chi connectivity index (χ3n) is 5.28. The van der Waals surface area contributed by atoms with E-state index in [0.29, 0.717) is 18.1 Å². The summed E-state index contributed by atoms with van der Waals surface area (Å²) in [4.78, 5) is 0. The van der Waals surface area contributed by atoms with Gasteiger partial charge in [0.2, 0.25) is 0 Å². The molecule has 0 bridgehead atoms. The van der Waals surface area contributed by atoms with Crippen LogP contribution in [-0.4, -0.2) is 0 Å². The van der Waals surface area contributed by atoms with Gasteiger partial charge in [0.1, 0.15) is 23.3 Å². The van der Waals surface area contributed by atoms with Crippen molar-refractivity contribution in [3.8, 4) is 23.0 Å². The summed E-state index contributed by atoms with van der Waals surface area (Å²) in [6, 6.07) is 8.52. The molecular weight excluding hydrogens is 457 g/mol. The molecule has 0 spiro atoms. The summed E-state index contributed by atoms with van der Waals surface area (Å²) < 4.78 is 98.6. The molecule has 0 radical (unpaired) electrons. The Balaban J connectivity index is 1.71. The summed E-state index contributed by atoms with van der Waals surface area (Å²) in [5, 5.41) is -1.04. The molecule has 0 saturated heterocycles. The third kappa shape index (κ3) is 4.36. The lowest BCUT2D eigenvalue weighted by Gasteiger charge is -2.09. The molecule has 4 aromatic carbocycles. The van der Waals surface area contributed by atoms with Crippen LogP contribution in [-0.2, 0) is 6.42 Å². The normalized spacial score (nSPS) is 10.9. The fraction of sp³-hybridized carbons (Fsp3) is 0.111. The molecule has 0 aliphatic carbocycles. The van der Waals surface area contributed by atoms with Crippen LogP contribution in [0.25, 0.3) is 21.9 Å². The van der Waals surface area contributed by atoms with E-state index in [1.165, 1.54) is 24.3 Å². The maximum Gasteiger partial charge on any atom is 0.195 e. The van der Waals surface area contributed by atoms with Crippen LogP contribution in [0, 0.1) is 52.6 Å². The zero-order valence-corrected chi connectivity index (χ0v) is 17.7. The Bertz CT molecular complexity index is 1470. The molecule has 0 aliphatic heterocycles. The van der Waals surface area contributed by atoms with E-state index in [-0.39, 0.29) is 22.1 Å². The number of halogens is 7. The van der Waals surface area contributed by atoms with Gasteiger partial charge in [-0.2, -0.15) is 0 Å².